The van der Waals surface area contributed by atoms with Gasteiger partial charge in [-0.3, -0.25) is 4.90 Å². The summed E-state index contributed by atoms with van der Waals surface area (Å²) in [5.74, 6) is 0.760. The first-order valence-corrected chi connectivity index (χ1v) is 7.54. The maximum absolute atomic E-state index is 5.98. The van der Waals surface area contributed by atoms with E-state index in [0.29, 0.717) is 11.5 Å². The second-order valence-electron chi connectivity index (χ2n) is 6.89. The van der Waals surface area contributed by atoms with Gasteiger partial charge in [-0.25, -0.2) is 0 Å². The van der Waals surface area contributed by atoms with Gasteiger partial charge in [-0.05, 0) is 55.8 Å². The Kier molecular flexibility index (Phi) is 4.59. The van der Waals surface area contributed by atoms with Crippen molar-refractivity contribution in [1.29, 1.82) is 0 Å². The van der Waals surface area contributed by atoms with E-state index in [9.17, 15) is 0 Å². The normalized spacial score (nSPS) is 19.2. The lowest BCUT2D eigenvalue weighted by molar-refractivity contribution is 0.123. The lowest BCUT2D eigenvalue weighted by Gasteiger charge is -2.38. The molecule has 3 heteroatoms. The Morgan fingerprint density at radius 2 is 1.95 bits per heavy atom. The van der Waals surface area contributed by atoms with Crippen molar-refractivity contribution in [3.8, 4) is 5.75 Å². The monoisotopic (exact) mass is 276 g/mol. The number of hydrogen-bond donors (Lipinski definition) is 1. The van der Waals surface area contributed by atoms with Gasteiger partial charge in [0.05, 0.1) is 12.8 Å². The van der Waals surface area contributed by atoms with Crippen molar-refractivity contribution in [3.05, 3.63) is 23.8 Å². The molecule has 0 spiro atoms. The largest absolute Gasteiger partial charge is 0.495 e. The van der Waals surface area contributed by atoms with Crippen LogP contribution >= 0.6 is 0 Å². The maximum atomic E-state index is 5.98. The quantitative estimate of drug-likeness (QED) is 0.853. The molecule has 1 aliphatic carbocycles. The molecule has 1 fully saturated rings. The van der Waals surface area contributed by atoms with Gasteiger partial charge in [0.1, 0.15) is 5.75 Å². The molecule has 2 rings (SSSR count). The highest BCUT2D eigenvalue weighted by Gasteiger charge is 2.28. The Morgan fingerprint density at radius 1 is 1.30 bits per heavy atom. The van der Waals surface area contributed by atoms with E-state index in [1.807, 2.05) is 12.1 Å². The van der Waals surface area contributed by atoms with E-state index < -0.39 is 0 Å². The molecule has 0 amide bonds. The number of anilines is 1. The maximum Gasteiger partial charge on any atom is 0.141 e. The van der Waals surface area contributed by atoms with Crippen molar-refractivity contribution in [2.75, 3.05) is 19.9 Å². The van der Waals surface area contributed by atoms with Gasteiger partial charge in [-0.2, -0.15) is 0 Å². The highest BCUT2D eigenvalue weighted by Crippen LogP contribution is 2.37. The molecule has 3 nitrogen and oxygen atoms in total. The van der Waals surface area contributed by atoms with Crippen LogP contribution in [0.4, 0.5) is 5.69 Å². The van der Waals surface area contributed by atoms with Gasteiger partial charge in [0.2, 0.25) is 0 Å². The second-order valence-corrected chi connectivity index (χ2v) is 6.89. The van der Waals surface area contributed by atoms with Crippen LogP contribution in [0.5, 0.6) is 5.75 Å². The Morgan fingerprint density at radius 3 is 2.50 bits per heavy atom. The molecule has 0 unspecified atom stereocenters. The number of nitrogen functional groups attached to an aromatic ring is 1. The molecule has 1 aromatic rings. The van der Waals surface area contributed by atoms with Crippen molar-refractivity contribution in [3.63, 3.8) is 0 Å². The van der Waals surface area contributed by atoms with Crippen LogP contribution in [-0.2, 0) is 6.54 Å². The van der Waals surface area contributed by atoms with Crippen molar-refractivity contribution in [1.82, 2.24) is 4.90 Å². The summed E-state index contributed by atoms with van der Waals surface area (Å²) in [6.07, 6.45) is 5.25. The Hall–Kier alpha value is -1.22. The van der Waals surface area contributed by atoms with E-state index in [1.54, 1.807) is 7.11 Å². The molecule has 1 aliphatic rings. The zero-order valence-electron chi connectivity index (χ0n) is 13.3. The summed E-state index contributed by atoms with van der Waals surface area (Å²) in [6, 6.07) is 6.80. The smallest absolute Gasteiger partial charge is 0.141 e. The first-order valence-electron chi connectivity index (χ1n) is 7.54. The van der Waals surface area contributed by atoms with Gasteiger partial charge >= 0.3 is 0 Å². The Labute approximate surface area is 123 Å². The van der Waals surface area contributed by atoms with Gasteiger partial charge in [-0.15, -0.1) is 0 Å². The van der Waals surface area contributed by atoms with E-state index in [-0.39, 0.29) is 0 Å². The van der Waals surface area contributed by atoms with Crippen LogP contribution in [0.15, 0.2) is 18.2 Å². The van der Waals surface area contributed by atoms with E-state index in [2.05, 4.69) is 31.9 Å². The van der Waals surface area contributed by atoms with Crippen LogP contribution in [0.3, 0.4) is 0 Å². The fourth-order valence-corrected chi connectivity index (χ4v) is 3.12. The zero-order valence-corrected chi connectivity index (χ0v) is 13.3. The number of hydrogen-bond acceptors (Lipinski definition) is 3. The van der Waals surface area contributed by atoms with Gasteiger partial charge < -0.3 is 10.5 Å². The average molecular weight is 276 g/mol. The van der Waals surface area contributed by atoms with Crippen molar-refractivity contribution >= 4 is 5.69 Å². The third kappa shape index (κ3) is 3.66. The SMILES string of the molecule is COc1ccc(CN(C)C2CCC(C)(C)CC2)cc1N. The highest BCUT2D eigenvalue weighted by atomic mass is 16.5. The minimum absolute atomic E-state index is 0.530. The molecule has 0 aliphatic heterocycles. The van der Waals surface area contributed by atoms with Gasteiger partial charge in [0.25, 0.3) is 0 Å². The standard InChI is InChI=1S/C17H28N2O/c1-17(2)9-7-14(8-10-17)19(3)12-13-5-6-16(20-4)15(18)11-13/h5-6,11,14H,7-10,12,18H2,1-4H3. The zero-order chi connectivity index (χ0) is 14.8. The first kappa shape index (κ1) is 15.2. The van der Waals surface area contributed by atoms with Crippen molar-refractivity contribution in [2.24, 2.45) is 5.41 Å². The topological polar surface area (TPSA) is 38.5 Å². The summed E-state index contributed by atoms with van der Waals surface area (Å²) in [6.45, 7) is 5.72. The number of ether oxygens (including phenoxy) is 1. The van der Waals surface area contributed by atoms with Gasteiger partial charge in [-0.1, -0.05) is 19.9 Å². The van der Waals surface area contributed by atoms with Crippen LogP contribution in [0.25, 0.3) is 0 Å². The van der Waals surface area contributed by atoms with E-state index in [0.717, 1.165) is 18.0 Å². The second kappa shape index (κ2) is 6.04. The molecular formula is C17H28N2O. The molecular weight excluding hydrogens is 248 g/mol. The Bertz CT molecular complexity index is 446. The molecule has 0 aromatic heterocycles. The van der Waals surface area contributed by atoms with Crippen LogP contribution in [0.1, 0.15) is 45.1 Å². The predicted molar refractivity (Wildman–Crippen MR) is 84.9 cm³/mol. The van der Waals surface area contributed by atoms with Gasteiger partial charge in [0, 0.05) is 12.6 Å². The van der Waals surface area contributed by atoms with Crippen LogP contribution in [0.2, 0.25) is 0 Å². The van der Waals surface area contributed by atoms with Crippen LogP contribution < -0.4 is 10.5 Å². The van der Waals surface area contributed by atoms with Gasteiger partial charge in [0.15, 0.2) is 0 Å². The fourth-order valence-electron chi connectivity index (χ4n) is 3.12. The molecule has 0 bridgehead atoms. The molecule has 0 heterocycles. The number of rotatable bonds is 4. The lowest BCUT2D eigenvalue weighted by atomic mass is 9.75. The summed E-state index contributed by atoms with van der Waals surface area (Å²) >= 11 is 0. The van der Waals surface area contributed by atoms with Crippen molar-refractivity contribution in [2.45, 2.75) is 52.1 Å². The number of nitrogens with two attached hydrogens (primary N) is 1. The minimum atomic E-state index is 0.530. The number of benzene rings is 1. The molecule has 1 aromatic carbocycles. The summed E-state index contributed by atoms with van der Waals surface area (Å²) < 4.78 is 5.21. The van der Waals surface area contributed by atoms with Crippen molar-refractivity contribution < 1.29 is 4.74 Å². The third-order valence-electron chi connectivity index (χ3n) is 4.66. The molecule has 1 saturated carbocycles. The summed E-state index contributed by atoms with van der Waals surface area (Å²) in [4.78, 5) is 2.47. The van der Waals surface area contributed by atoms with E-state index in [4.69, 9.17) is 10.5 Å². The van der Waals surface area contributed by atoms with Crippen LogP contribution in [0, 0.1) is 5.41 Å². The van der Waals surface area contributed by atoms with E-state index >= 15 is 0 Å². The first-order chi connectivity index (χ1) is 9.41. The fraction of sp³-hybridized carbons (Fsp3) is 0.647. The predicted octanol–water partition coefficient (Wildman–Crippen LogP) is 3.68. The summed E-state index contributed by atoms with van der Waals surface area (Å²) in [7, 11) is 3.88. The van der Waals surface area contributed by atoms with E-state index in [1.165, 1.54) is 31.2 Å². The summed E-state index contributed by atoms with van der Waals surface area (Å²) in [5.41, 5.74) is 8.49. The molecule has 112 valence electrons. The molecule has 2 N–H and O–H groups in total. The van der Waals surface area contributed by atoms with Crippen LogP contribution in [-0.4, -0.2) is 25.1 Å². The molecule has 20 heavy (non-hydrogen) atoms. The molecule has 0 atom stereocenters. The molecule has 0 radical (unpaired) electrons. The minimum Gasteiger partial charge on any atom is -0.495 e. The number of nitrogens with zero attached hydrogens (tertiary/aromatic N) is 1. The average Bonchev–Trinajstić information content (AvgIpc) is 2.38. The lowest BCUT2D eigenvalue weighted by Crippen LogP contribution is -2.36. The number of methoxy groups -OCH3 is 1. The third-order valence-corrected chi connectivity index (χ3v) is 4.66. The Balaban J connectivity index is 1.94. The molecule has 0 saturated heterocycles. The highest BCUT2D eigenvalue weighted by molar-refractivity contribution is 5.54. The summed E-state index contributed by atoms with van der Waals surface area (Å²) in [5, 5.41) is 0.